The monoisotopic (exact) mass is 327 g/mol. The van der Waals surface area contributed by atoms with Crippen molar-refractivity contribution < 1.29 is 4.74 Å². The smallest absolute Gasteiger partial charge is 0.137 e. The Hall–Kier alpha value is -2.30. The van der Waals surface area contributed by atoms with Gasteiger partial charge in [0.25, 0.3) is 0 Å². The zero-order chi connectivity index (χ0) is 16.2. The van der Waals surface area contributed by atoms with Crippen LogP contribution in [0.4, 0.5) is 0 Å². The Kier molecular flexibility index (Phi) is 4.65. The van der Waals surface area contributed by atoms with E-state index in [4.69, 9.17) is 22.1 Å². The summed E-state index contributed by atoms with van der Waals surface area (Å²) >= 11 is 6.23. The van der Waals surface area contributed by atoms with Crippen LogP contribution in [-0.2, 0) is 0 Å². The lowest BCUT2D eigenvalue weighted by atomic mass is 9.90. The summed E-state index contributed by atoms with van der Waals surface area (Å²) in [6, 6.07) is 14.1. The minimum Gasteiger partial charge on any atom is -0.495 e. The third-order valence-corrected chi connectivity index (χ3v) is 4.25. The minimum atomic E-state index is 0.0943. The second kappa shape index (κ2) is 6.86. The largest absolute Gasteiger partial charge is 0.495 e. The Balaban J connectivity index is 1.90. The standard InChI is InChI=1S/C18H18ClN3O/c1-23-18-7-6-14(8-17(18)19)16(9-20)13-4-2-12(3-5-13)15-10-21-22-11-15/h2-8,10-11,16H,9,20H2,1H3,(H,21,22). The van der Waals surface area contributed by atoms with Crippen LogP contribution in [0.2, 0.25) is 5.02 Å². The van der Waals surface area contributed by atoms with E-state index < -0.39 is 0 Å². The first-order valence-corrected chi connectivity index (χ1v) is 7.73. The second-order valence-corrected chi connectivity index (χ2v) is 5.70. The van der Waals surface area contributed by atoms with Gasteiger partial charge in [-0.1, -0.05) is 41.9 Å². The SMILES string of the molecule is COc1ccc(C(CN)c2ccc(-c3cn[nH]c3)cc2)cc1Cl. The molecule has 0 fully saturated rings. The molecule has 0 amide bonds. The Morgan fingerprint density at radius 1 is 1.13 bits per heavy atom. The predicted molar refractivity (Wildman–Crippen MR) is 92.9 cm³/mol. The quantitative estimate of drug-likeness (QED) is 0.748. The predicted octanol–water partition coefficient (Wildman–Crippen LogP) is 3.83. The van der Waals surface area contributed by atoms with Crippen LogP contribution in [0.5, 0.6) is 5.75 Å². The number of aromatic amines is 1. The van der Waals surface area contributed by atoms with Gasteiger partial charge in [-0.2, -0.15) is 5.10 Å². The summed E-state index contributed by atoms with van der Waals surface area (Å²) in [5.41, 5.74) is 10.4. The molecule has 0 spiro atoms. The van der Waals surface area contributed by atoms with Gasteiger partial charge in [-0.25, -0.2) is 0 Å². The molecule has 1 heterocycles. The number of methoxy groups -OCH3 is 1. The molecule has 0 saturated heterocycles. The molecule has 3 aromatic rings. The van der Waals surface area contributed by atoms with Gasteiger partial charge in [0, 0.05) is 24.2 Å². The van der Waals surface area contributed by atoms with Crippen molar-refractivity contribution in [3.63, 3.8) is 0 Å². The highest BCUT2D eigenvalue weighted by molar-refractivity contribution is 6.32. The highest BCUT2D eigenvalue weighted by Gasteiger charge is 2.14. The van der Waals surface area contributed by atoms with Crippen molar-refractivity contribution in [2.75, 3.05) is 13.7 Å². The van der Waals surface area contributed by atoms with Crippen LogP contribution in [0.25, 0.3) is 11.1 Å². The van der Waals surface area contributed by atoms with Crippen LogP contribution in [0.3, 0.4) is 0 Å². The van der Waals surface area contributed by atoms with E-state index >= 15 is 0 Å². The van der Waals surface area contributed by atoms with E-state index in [0.29, 0.717) is 17.3 Å². The number of halogens is 1. The first-order valence-electron chi connectivity index (χ1n) is 7.35. The number of H-pyrrole nitrogens is 1. The third-order valence-electron chi connectivity index (χ3n) is 3.96. The Morgan fingerprint density at radius 3 is 2.43 bits per heavy atom. The number of rotatable bonds is 5. The summed E-state index contributed by atoms with van der Waals surface area (Å²) in [6.07, 6.45) is 3.68. The van der Waals surface area contributed by atoms with Crippen LogP contribution in [0.15, 0.2) is 54.9 Å². The number of hydrogen-bond donors (Lipinski definition) is 2. The van der Waals surface area contributed by atoms with Crippen LogP contribution in [-0.4, -0.2) is 23.9 Å². The molecule has 1 unspecified atom stereocenters. The van der Waals surface area contributed by atoms with Gasteiger partial charge >= 0.3 is 0 Å². The number of benzene rings is 2. The zero-order valence-corrected chi connectivity index (χ0v) is 13.5. The van der Waals surface area contributed by atoms with E-state index in [-0.39, 0.29) is 5.92 Å². The van der Waals surface area contributed by atoms with Gasteiger partial charge in [-0.05, 0) is 28.8 Å². The lowest BCUT2D eigenvalue weighted by molar-refractivity contribution is 0.415. The second-order valence-electron chi connectivity index (χ2n) is 5.29. The normalized spacial score (nSPS) is 12.1. The molecular formula is C18H18ClN3O. The van der Waals surface area contributed by atoms with Gasteiger partial charge in [0.15, 0.2) is 0 Å². The van der Waals surface area contributed by atoms with Crippen LogP contribution in [0, 0.1) is 0 Å². The number of hydrogen-bond acceptors (Lipinski definition) is 3. The summed E-state index contributed by atoms with van der Waals surface area (Å²) in [7, 11) is 1.61. The average molecular weight is 328 g/mol. The van der Waals surface area contributed by atoms with Crippen molar-refractivity contribution in [2.45, 2.75) is 5.92 Å². The van der Waals surface area contributed by atoms with Gasteiger partial charge in [-0.3, -0.25) is 5.10 Å². The summed E-state index contributed by atoms with van der Waals surface area (Å²) in [6.45, 7) is 0.508. The maximum atomic E-state index is 6.23. The van der Waals surface area contributed by atoms with E-state index in [1.165, 1.54) is 0 Å². The maximum Gasteiger partial charge on any atom is 0.137 e. The molecule has 1 aromatic heterocycles. The average Bonchev–Trinajstić information content (AvgIpc) is 3.11. The third kappa shape index (κ3) is 3.23. The van der Waals surface area contributed by atoms with Gasteiger partial charge in [-0.15, -0.1) is 0 Å². The molecular weight excluding hydrogens is 310 g/mol. The molecule has 3 N–H and O–H groups in total. The fourth-order valence-corrected chi connectivity index (χ4v) is 2.95. The van der Waals surface area contributed by atoms with Gasteiger partial charge in [0.1, 0.15) is 5.75 Å². The molecule has 0 bridgehead atoms. The summed E-state index contributed by atoms with van der Waals surface area (Å²) in [5, 5.41) is 7.39. The number of ether oxygens (including phenoxy) is 1. The fourth-order valence-electron chi connectivity index (χ4n) is 2.68. The molecule has 1 atom stereocenters. The summed E-state index contributed by atoms with van der Waals surface area (Å²) in [4.78, 5) is 0. The van der Waals surface area contributed by atoms with Crippen LogP contribution in [0.1, 0.15) is 17.0 Å². The van der Waals surface area contributed by atoms with Gasteiger partial charge in [0.05, 0.1) is 18.3 Å². The van der Waals surface area contributed by atoms with Crippen molar-refractivity contribution in [3.05, 3.63) is 71.0 Å². The molecule has 0 aliphatic carbocycles. The van der Waals surface area contributed by atoms with Gasteiger partial charge < -0.3 is 10.5 Å². The van der Waals surface area contributed by atoms with Crippen molar-refractivity contribution in [1.82, 2.24) is 10.2 Å². The van der Waals surface area contributed by atoms with Crippen molar-refractivity contribution >= 4 is 11.6 Å². The molecule has 23 heavy (non-hydrogen) atoms. The lowest BCUT2D eigenvalue weighted by Crippen LogP contribution is -2.13. The Labute approximate surface area is 140 Å². The summed E-state index contributed by atoms with van der Waals surface area (Å²) in [5.74, 6) is 0.762. The minimum absolute atomic E-state index is 0.0943. The Morgan fingerprint density at radius 2 is 1.87 bits per heavy atom. The molecule has 0 aliphatic rings. The zero-order valence-electron chi connectivity index (χ0n) is 12.8. The molecule has 4 nitrogen and oxygen atoms in total. The number of nitrogens with zero attached hydrogens (tertiary/aromatic N) is 1. The van der Waals surface area contributed by atoms with Crippen LogP contribution >= 0.6 is 11.6 Å². The highest BCUT2D eigenvalue weighted by Crippen LogP contribution is 2.32. The maximum absolute atomic E-state index is 6.23. The molecule has 3 rings (SSSR count). The first-order chi connectivity index (χ1) is 11.2. The van der Waals surface area contributed by atoms with Crippen molar-refractivity contribution in [2.24, 2.45) is 5.73 Å². The van der Waals surface area contributed by atoms with E-state index in [1.54, 1.807) is 13.3 Å². The number of aromatic nitrogens is 2. The molecule has 0 saturated carbocycles. The first kappa shape index (κ1) is 15.6. The lowest BCUT2D eigenvalue weighted by Gasteiger charge is -2.17. The van der Waals surface area contributed by atoms with Crippen molar-refractivity contribution in [3.8, 4) is 16.9 Å². The highest BCUT2D eigenvalue weighted by atomic mass is 35.5. The van der Waals surface area contributed by atoms with E-state index in [0.717, 1.165) is 22.3 Å². The van der Waals surface area contributed by atoms with Crippen molar-refractivity contribution in [1.29, 1.82) is 0 Å². The van der Waals surface area contributed by atoms with Gasteiger partial charge in [0.2, 0.25) is 0 Å². The number of nitrogens with one attached hydrogen (secondary N) is 1. The molecule has 5 heteroatoms. The topological polar surface area (TPSA) is 63.9 Å². The van der Waals surface area contributed by atoms with Crippen LogP contribution < -0.4 is 10.5 Å². The van der Waals surface area contributed by atoms with E-state index in [9.17, 15) is 0 Å². The number of nitrogens with two attached hydrogens (primary N) is 1. The summed E-state index contributed by atoms with van der Waals surface area (Å²) < 4.78 is 5.20. The molecule has 0 radical (unpaired) electrons. The molecule has 2 aromatic carbocycles. The molecule has 118 valence electrons. The molecule has 0 aliphatic heterocycles. The fraction of sp³-hybridized carbons (Fsp3) is 0.167. The Bertz CT molecular complexity index is 769. The van der Waals surface area contributed by atoms with E-state index in [2.05, 4.69) is 34.5 Å². The van der Waals surface area contributed by atoms with E-state index in [1.807, 2.05) is 24.4 Å².